The molecule has 0 unspecified atom stereocenters. The molecule has 0 spiro atoms. The minimum absolute atomic E-state index is 0.00511. The Bertz CT molecular complexity index is 2510. The third-order valence-electron chi connectivity index (χ3n) is 17.4. The number of carboxylic acid groups (broad SMARTS) is 1. The Balaban J connectivity index is 1.08. The number of nitrogens with one attached hydrogen (secondary N) is 2. The van der Waals surface area contributed by atoms with Gasteiger partial charge in [0.2, 0.25) is 11.3 Å². The number of halogens is 1. The summed E-state index contributed by atoms with van der Waals surface area (Å²) >= 11 is 0. The van der Waals surface area contributed by atoms with Crippen LogP contribution in [0.1, 0.15) is 137 Å². The summed E-state index contributed by atoms with van der Waals surface area (Å²) in [6.07, 6.45) is -4.94. The number of aliphatic hydroxyl groups is 4. The van der Waals surface area contributed by atoms with E-state index < -0.39 is 119 Å². The van der Waals surface area contributed by atoms with Crippen LogP contribution >= 0.6 is 0 Å². The van der Waals surface area contributed by atoms with Gasteiger partial charge in [-0.2, -0.15) is 0 Å². The average molecular weight is 1170 g/mol. The molecular weight excluding hydrogens is 1070 g/mol. The second-order valence-electron chi connectivity index (χ2n) is 24.7. The third kappa shape index (κ3) is 16.1. The van der Waals surface area contributed by atoms with E-state index in [1.165, 1.54) is 19.2 Å². The molecule has 1 aliphatic carbocycles. The summed E-state index contributed by atoms with van der Waals surface area (Å²) in [6.45, 7) is 19.2. The van der Waals surface area contributed by atoms with E-state index in [-0.39, 0.29) is 99.7 Å². The van der Waals surface area contributed by atoms with Crippen molar-refractivity contribution >= 4 is 34.4 Å². The second kappa shape index (κ2) is 28.5. The van der Waals surface area contributed by atoms with Gasteiger partial charge < -0.3 is 88.4 Å². The van der Waals surface area contributed by atoms with Crippen LogP contribution in [-0.2, 0) is 47.5 Å². The Morgan fingerprint density at radius 1 is 0.939 bits per heavy atom. The van der Waals surface area contributed by atoms with Crippen molar-refractivity contribution in [3.63, 3.8) is 0 Å². The van der Waals surface area contributed by atoms with Crippen LogP contribution < -0.4 is 16.1 Å². The summed E-state index contributed by atoms with van der Waals surface area (Å²) in [5, 5.41) is 63.5. The number of nitrogens with zero attached hydrogens (tertiary/aromatic N) is 3. The number of aromatic carboxylic acids is 1. The number of fused-ring (bicyclic) bond motifs is 1. The first-order chi connectivity index (χ1) is 38.5. The van der Waals surface area contributed by atoms with E-state index >= 15 is 4.39 Å². The molecule has 18 atom stereocenters. The molecule has 1 aromatic heterocycles. The molecule has 0 bridgehead atoms. The quantitative estimate of drug-likeness (QED) is 0.0672. The summed E-state index contributed by atoms with van der Waals surface area (Å²) in [7, 11) is 7.13. The summed E-state index contributed by atoms with van der Waals surface area (Å²) < 4.78 is 67.8. The molecule has 3 aliphatic heterocycles. The predicted octanol–water partition coefficient (Wildman–Crippen LogP) is 4.44. The number of aliphatic hydroxyl groups excluding tert-OH is 2. The monoisotopic (exact) mass is 1170 g/mol. The van der Waals surface area contributed by atoms with Crippen molar-refractivity contribution in [1.29, 1.82) is 0 Å². The number of amides is 1. The van der Waals surface area contributed by atoms with Crippen LogP contribution in [0.4, 0.5) is 10.1 Å². The zero-order chi connectivity index (χ0) is 60.8. The van der Waals surface area contributed by atoms with Crippen molar-refractivity contribution in [2.45, 2.75) is 217 Å². The average Bonchev–Trinajstić information content (AvgIpc) is 3.99. The van der Waals surface area contributed by atoms with E-state index in [0.29, 0.717) is 24.9 Å². The van der Waals surface area contributed by atoms with Crippen LogP contribution in [0.15, 0.2) is 23.1 Å². The maximum absolute atomic E-state index is 15.1. The topological polar surface area (TPSA) is 279 Å². The van der Waals surface area contributed by atoms with Crippen LogP contribution in [0.25, 0.3) is 10.9 Å². The van der Waals surface area contributed by atoms with E-state index in [1.54, 1.807) is 39.4 Å². The minimum Gasteiger partial charge on any atom is -0.477 e. The smallest absolute Gasteiger partial charge is 0.341 e. The Morgan fingerprint density at radius 3 is 2.26 bits per heavy atom. The second-order valence-corrected chi connectivity index (χ2v) is 24.7. The Hall–Kier alpha value is -3.95. The van der Waals surface area contributed by atoms with Gasteiger partial charge in [0.05, 0.1) is 66.0 Å². The van der Waals surface area contributed by atoms with Gasteiger partial charge in [0.25, 0.3) is 0 Å². The van der Waals surface area contributed by atoms with Gasteiger partial charge in [-0.25, -0.2) is 9.18 Å². The first-order valence-electron chi connectivity index (χ1n) is 29.3. The van der Waals surface area contributed by atoms with Crippen molar-refractivity contribution in [2.24, 2.45) is 17.8 Å². The number of rotatable bonds is 21. The molecule has 1 saturated carbocycles. The molecule has 4 fully saturated rings. The molecule has 3 saturated heterocycles. The SMILES string of the molecule is CC[C@H]1OC(=O)[C@H](C)[C@@H](O[C@H]2C[C@@](C)(OC)[C@@H](OCCCC(=O)NCCOCCNc3cc4c(cc3F)c(=O)c(C(=O)O)cn4C3CC3)[C@H](C)O2)[C@H](C)[C@@H](O[C@@H]2O[C@H](C)C[C@H](N(C)C)[C@H]2O)[C@](C)(O)C[C@@H](C)CN(C)[C@H](C)[C@@H](O)[C@]1(C)O. The normalized spacial score (nSPS) is 36.6. The minimum atomic E-state index is -1.86. The molecule has 466 valence electrons. The van der Waals surface area contributed by atoms with Gasteiger partial charge in [0.15, 0.2) is 12.6 Å². The third-order valence-corrected chi connectivity index (χ3v) is 17.4. The van der Waals surface area contributed by atoms with Gasteiger partial charge in [0, 0.05) is 81.8 Å². The number of aromatic nitrogens is 1. The highest BCUT2D eigenvalue weighted by Crippen LogP contribution is 2.42. The van der Waals surface area contributed by atoms with Crippen molar-refractivity contribution in [3.05, 3.63) is 39.9 Å². The molecule has 0 radical (unpaired) electrons. The standard InChI is InChI=1S/C59H96FN5O17/c1-15-45-59(10,74)51(69)36(6)64(13)30-32(2)28-57(8,73)52(82-56-49(68)44(63(11)12)25-33(3)78-56)34(4)50(35(5)55(72)80-45)81-47-29-58(9,75-14)53(37(7)79-47)77-22-16-17-46(66)62-21-24-76-23-20-61-42-27-43-39(26-41(42)60)48(67)40(54(70)71)31-65(43)38-18-19-38/h26-27,31-38,44-45,47,49-53,56,61,68-69,73-74H,15-25,28-30H2,1-14H3,(H,62,66)(H,70,71)/t32-,33-,34+,35-,36-,37+,44+,45-,47+,49-,50+,51-,52-,53+,56+,57-,58-,59-/m1/s1. The van der Waals surface area contributed by atoms with Crippen LogP contribution in [0.2, 0.25) is 0 Å². The maximum atomic E-state index is 15.1. The molecular formula is C59H96FN5O17. The molecule has 82 heavy (non-hydrogen) atoms. The fourth-order valence-corrected chi connectivity index (χ4v) is 12.5. The first-order valence-corrected chi connectivity index (χ1v) is 29.3. The zero-order valence-electron chi connectivity index (χ0n) is 50.7. The van der Waals surface area contributed by atoms with E-state index in [2.05, 4.69) is 10.6 Å². The highest BCUT2D eigenvalue weighted by molar-refractivity contribution is 5.93. The summed E-state index contributed by atoms with van der Waals surface area (Å²) in [6, 6.07) is 1.72. The van der Waals surface area contributed by atoms with Crippen molar-refractivity contribution in [2.75, 3.05) is 73.0 Å². The lowest BCUT2D eigenvalue weighted by Crippen LogP contribution is -2.61. The highest BCUT2D eigenvalue weighted by atomic mass is 19.1. The molecule has 4 aliphatic rings. The number of hydrogen-bond donors (Lipinski definition) is 7. The number of ether oxygens (including phenoxy) is 8. The van der Waals surface area contributed by atoms with Crippen molar-refractivity contribution in [3.8, 4) is 0 Å². The lowest BCUT2D eigenvalue weighted by molar-refractivity contribution is -0.320. The maximum Gasteiger partial charge on any atom is 0.341 e. The number of methoxy groups -OCH3 is 1. The number of anilines is 1. The Morgan fingerprint density at radius 2 is 1.62 bits per heavy atom. The number of esters is 1. The van der Waals surface area contributed by atoms with E-state index in [1.807, 2.05) is 65.6 Å². The number of carbonyl (C=O) groups is 3. The lowest BCUT2D eigenvalue weighted by atomic mass is 9.77. The van der Waals surface area contributed by atoms with Gasteiger partial charge in [0.1, 0.15) is 41.4 Å². The van der Waals surface area contributed by atoms with Crippen molar-refractivity contribution < 1.29 is 82.2 Å². The largest absolute Gasteiger partial charge is 0.477 e. The van der Waals surface area contributed by atoms with Gasteiger partial charge in [-0.3, -0.25) is 14.4 Å². The fourth-order valence-electron chi connectivity index (χ4n) is 12.5. The molecule has 23 heteroatoms. The van der Waals surface area contributed by atoms with E-state index in [0.717, 1.165) is 18.9 Å². The zero-order valence-corrected chi connectivity index (χ0v) is 50.7. The van der Waals surface area contributed by atoms with Gasteiger partial charge >= 0.3 is 11.9 Å². The molecule has 6 rings (SSSR count). The van der Waals surface area contributed by atoms with E-state index in [9.17, 15) is 44.7 Å². The molecule has 4 heterocycles. The highest BCUT2D eigenvalue weighted by Gasteiger charge is 2.53. The summed E-state index contributed by atoms with van der Waals surface area (Å²) in [5.41, 5.74) is -5.02. The number of hydrogen-bond acceptors (Lipinski definition) is 19. The molecule has 7 N–H and O–H groups in total. The van der Waals surface area contributed by atoms with Crippen molar-refractivity contribution in [1.82, 2.24) is 19.7 Å². The summed E-state index contributed by atoms with van der Waals surface area (Å²) in [5.74, 6) is -5.08. The lowest BCUT2D eigenvalue weighted by Gasteiger charge is -2.49. The Labute approximate surface area is 482 Å². The molecule has 22 nitrogen and oxygen atoms in total. The number of benzene rings is 1. The number of pyridine rings is 1. The van der Waals surface area contributed by atoms with Crippen LogP contribution in [0, 0.1) is 23.6 Å². The van der Waals surface area contributed by atoms with Crippen LogP contribution in [0.5, 0.6) is 0 Å². The Kier molecular flexibility index (Phi) is 23.3. The summed E-state index contributed by atoms with van der Waals surface area (Å²) in [4.78, 5) is 55.8. The number of carbonyl (C=O) groups excluding carboxylic acids is 2. The molecule has 1 amide bonds. The fraction of sp³-hybridized carbons (Fsp3) is 0.797. The van der Waals surface area contributed by atoms with Crippen LogP contribution in [-0.4, -0.2) is 216 Å². The number of carboxylic acids is 1. The van der Waals surface area contributed by atoms with Crippen LogP contribution in [0.3, 0.4) is 0 Å². The van der Waals surface area contributed by atoms with E-state index in [4.69, 9.17) is 37.9 Å². The number of likely N-dealkylation sites (N-methyl/N-ethyl adjacent to an activating group) is 2. The van der Waals surface area contributed by atoms with Gasteiger partial charge in [-0.1, -0.05) is 20.8 Å². The van der Waals surface area contributed by atoms with Gasteiger partial charge in [-0.05, 0) is 126 Å². The first kappa shape index (κ1) is 67.2. The molecule has 2 aromatic rings. The predicted molar refractivity (Wildman–Crippen MR) is 303 cm³/mol. The van der Waals surface area contributed by atoms with Gasteiger partial charge in [-0.15, -0.1) is 0 Å². The molecule has 1 aromatic carbocycles. The number of cyclic esters (lactones) is 1.